The maximum atomic E-state index is 6.43. The average molecular weight is 253 g/mol. The second-order valence-electron chi connectivity index (χ2n) is 5.36. The summed E-state index contributed by atoms with van der Waals surface area (Å²) >= 11 is 1.79. The first-order valence-electron chi connectivity index (χ1n) is 6.49. The summed E-state index contributed by atoms with van der Waals surface area (Å²) in [5.74, 6) is 0.734. The topological polar surface area (TPSA) is 35.2 Å². The number of nitrogens with two attached hydrogens (primary N) is 1. The Bertz CT molecular complexity index is 338. The van der Waals surface area contributed by atoms with Gasteiger partial charge in [0.05, 0.1) is 5.60 Å². The standard InChI is InChI=1S/C14H23NOS/c1-11-5-3-7-14(10-11,16-2)13(15)9-12-6-4-8-17-12/h4,6,8,11,13H,3,5,7,9-10,15H2,1-2H3. The molecule has 1 aliphatic carbocycles. The molecule has 0 aliphatic heterocycles. The summed E-state index contributed by atoms with van der Waals surface area (Å²) in [4.78, 5) is 1.37. The summed E-state index contributed by atoms with van der Waals surface area (Å²) < 4.78 is 5.84. The number of thiophene rings is 1. The monoisotopic (exact) mass is 253 g/mol. The summed E-state index contributed by atoms with van der Waals surface area (Å²) in [6.07, 6.45) is 5.72. The van der Waals surface area contributed by atoms with Crippen LogP contribution >= 0.6 is 11.3 Å². The van der Waals surface area contributed by atoms with Gasteiger partial charge < -0.3 is 10.5 Å². The van der Waals surface area contributed by atoms with Gasteiger partial charge >= 0.3 is 0 Å². The number of hydrogen-bond donors (Lipinski definition) is 1. The Morgan fingerprint density at radius 1 is 1.65 bits per heavy atom. The van der Waals surface area contributed by atoms with Crippen LogP contribution in [0, 0.1) is 5.92 Å². The van der Waals surface area contributed by atoms with E-state index in [9.17, 15) is 0 Å². The zero-order valence-electron chi connectivity index (χ0n) is 10.8. The third-order valence-electron chi connectivity index (χ3n) is 4.07. The van der Waals surface area contributed by atoms with E-state index in [0.717, 1.165) is 25.2 Å². The van der Waals surface area contributed by atoms with Crippen LogP contribution in [0.1, 0.15) is 37.5 Å². The minimum Gasteiger partial charge on any atom is -0.377 e. The largest absolute Gasteiger partial charge is 0.377 e. The normalized spacial score (nSPS) is 31.4. The highest BCUT2D eigenvalue weighted by Crippen LogP contribution is 2.37. The lowest BCUT2D eigenvalue weighted by molar-refractivity contribution is -0.0703. The van der Waals surface area contributed by atoms with Crippen molar-refractivity contribution in [2.45, 2.75) is 50.7 Å². The van der Waals surface area contributed by atoms with Crippen LogP contribution in [0.5, 0.6) is 0 Å². The van der Waals surface area contributed by atoms with Gasteiger partial charge in [0, 0.05) is 18.0 Å². The number of rotatable bonds is 4. The molecule has 1 saturated carbocycles. The highest BCUT2D eigenvalue weighted by Gasteiger charge is 2.40. The van der Waals surface area contributed by atoms with Crippen LogP contribution in [-0.2, 0) is 11.2 Å². The third kappa shape index (κ3) is 2.90. The predicted molar refractivity (Wildman–Crippen MR) is 73.4 cm³/mol. The molecule has 2 nitrogen and oxygen atoms in total. The maximum Gasteiger partial charge on any atom is 0.0834 e. The van der Waals surface area contributed by atoms with Crippen LogP contribution in [0.4, 0.5) is 0 Å². The molecular formula is C14H23NOS. The molecule has 0 radical (unpaired) electrons. The van der Waals surface area contributed by atoms with Gasteiger partial charge in [-0.25, -0.2) is 0 Å². The molecule has 0 bridgehead atoms. The van der Waals surface area contributed by atoms with Gasteiger partial charge in [-0.3, -0.25) is 0 Å². The molecule has 1 heterocycles. The molecule has 0 amide bonds. The predicted octanol–water partition coefficient (Wildman–Crippen LogP) is 3.21. The van der Waals surface area contributed by atoms with Crippen molar-refractivity contribution in [1.29, 1.82) is 0 Å². The van der Waals surface area contributed by atoms with Crippen LogP contribution in [0.25, 0.3) is 0 Å². The molecule has 1 aromatic rings. The van der Waals surface area contributed by atoms with Crippen molar-refractivity contribution >= 4 is 11.3 Å². The molecule has 0 saturated heterocycles. The lowest BCUT2D eigenvalue weighted by Crippen LogP contribution is -2.53. The maximum absolute atomic E-state index is 6.43. The lowest BCUT2D eigenvalue weighted by atomic mass is 9.74. The van der Waals surface area contributed by atoms with Crippen LogP contribution in [0.15, 0.2) is 17.5 Å². The van der Waals surface area contributed by atoms with Crippen molar-refractivity contribution in [2.24, 2.45) is 11.7 Å². The molecule has 0 spiro atoms. The fourth-order valence-corrected chi connectivity index (χ4v) is 3.81. The van der Waals surface area contributed by atoms with Crippen molar-refractivity contribution in [3.8, 4) is 0 Å². The fourth-order valence-electron chi connectivity index (χ4n) is 3.05. The number of hydrogen-bond acceptors (Lipinski definition) is 3. The number of methoxy groups -OCH3 is 1. The molecular weight excluding hydrogens is 230 g/mol. The second kappa shape index (κ2) is 5.51. The Labute approximate surface area is 108 Å². The Kier molecular flexibility index (Phi) is 4.23. The molecule has 2 rings (SSSR count). The Balaban J connectivity index is 2.06. The molecule has 1 fully saturated rings. The van der Waals surface area contributed by atoms with E-state index in [1.165, 1.54) is 17.7 Å². The van der Waals surface area contributed by atoms with Gasteiger partial charge in [-0.05, 0) is 36.6 Å². The Hall–Kier alpha value is -0.380. The van der Waals surface area contributed by atoms with E-state index in [4.69, 9.17) is 10.5 Å². The summed E-state index contributed by atoms with van der Waals surface area (Å²) in [6.45, 7) is 2.31. The number of ether oxygens (including phenoxy) is 1. The zero-order valence-corrected chi connectivity index (χ0v) is 11.6. The highest BCUT2D eigenvalue weighted by molar-refractivity contribution is 7.09. The van der Waals surface area contributed by atoms with E-state index in [2.05, 4.69) is 24.4 Å². The average Bonchev–Trinajstić information content (AvgIpc) is 2.81. The molecule has 3 atom stereocenters. The minimum atomic E-state index is -0.0956. The molecule has 96 valence electrons. The molecule has 3 heteroatoms. The molecule has 1 aromatic heterocycles. The van der Waals surface area contributed by atoms with Crippen LogP contribution in [-0.4, -0.2) is 18.8 Å². The van der Waals surface area contributed by atoms with Gasteiger partial charge in [0.1, 0.15) is 0 Å². The molecule has 17 heavy (non-hydrogen) atoms. The van der Waals surface area contributed by atoms with Crippen molar-refractivity contribution in [3.63, 3.8) is 0 Å². The summed E-state index contributed by atoms with van der Waals surface area (Å²) in [5, 5.41) is 2.12. The van der Waals surface area contributed by atoms with Gasteiger partial charge in [0.25, 0.3) is 0 Å². The Morgan fingerprint density at radius 3 is 3.06 bits per heavy atom. The van der Waals surface area contributed by atoms with E-state index >= 15 is 0 Å². The van der Waals surface area contributed by atoms with Crippen LogP contribution in [0.2, 0.25) is 0 Å². The third-order valence-corrected chi connectivity index (χ3v) is 4.97. The molecule has 0 aromatic carbocycles. The van der Waals surface area contributed by atoms with Gasteiger partial charge in [-0.2, -0.15) is 0 Å². The summed E-state index contributed by atoms with van der Waals surface area (Å²) in [7, 11) is 1.83. The van der Waals surface area contributed by atoms with Crippen LogP contribution in [0.3, 0.4) is 0 Å². The van der Waals surface area contributed by atoms with Crippen molar-refractivity contribution in [3.05, 3.63) is 22.4 Å². The van der Waals surface area contributed by atoms with E-state index in [-0.39, 0.29) is 11.6 Å². The van der Waals surface area contributed by atoms with Gasteiger partial charge in [-0.15, -0.1) is 11.3 Å². The molecule has 2 N–H and O–H groups in total. The van der Waals surface area contributed by atoms with Gasteiger partial charge in [0.15, 0.2) is 0 Å². The van der Waals surface area contributed by atoms with Gasteiger partial charge in [-0.1, -0.05) is 25.8 Å². The molecule has 1 aliphatic rings. The zero-order chi connectivity index (χ0) is 12.3. The minimum absolute atomic E-state index is 0.0956. The van der Waals surface area contributed by atoms with E-state index < -0.39 is 0 Å². The highest BCUT2D eigenvalue weighted by atomic mass is 32.1. The Morgan fingerprint density at radius 2 is 2.47 bits per heavy atom. The van der Waals surface area contributed by atoms with Crippen molar-refractivity contribution in [2.75, 3.05) is 7.11 Å². The first kappa shape index (κ1) is 13.1. The summed E-state index contributed by atoms with van der Waals surface area (Å²) in [6, 6.07) is 4.38. The van der Waals surface area contributed by atoms with E-state index in [0.29, 0.717) is 0 Å². The molecule has 3 unspecified atom stereocenters. The van der Waals surface area contributed by atoms with E-state index in [1.54, 1.807) is 11.3 Å². The smallest absolute Gasteiger partial charge is 0.0834 e. The van der Waals surface area contributed by atoms with Crippen LogP contribution < -0.4 is 5.73 Å². The lowest BCUT2D eigenvalue weighted by Gasteiger charge is -2.43. The second-order valence-corrected chi connectivity index (χ2v) is 6.39. The van der Waals surface area contributed by atoms with Crippen molar-refractivity contribution < 1.29 is 4.74 Å². The quantitative estimate of drug-likeness (QED) is 0.894. The first-order chi connectivity index (χ1) is 8.16. The fraction of sp³-hybridized carbons (Fsp3) is 0.714. The van der Waals surface area contributed by atoms with E-state index in [1.807, 2.05) is 7.11 Å². The summed E-state index contributed by atoms with van der Waals surface area (Å²) in [5.41, 5.74) is 6.33. The SMILES string of the molecule is COC1(C(N)Cc2cccs2)CCCC(C)C1. The van der Waals surface area contributed by atoms with Crippen molar-refractivity contribution in [1.82, 2.24) is 0 Å². The van der Waals surface area contributed by atoms with Gasteiger partial charge in [0.2, 0.25) is 0 Å². The first-order valence-corrected chi connectivity index (χ1v) is 7.37.